The molecule has 0 aromatic heterocycles. The van der Waals surface area contributed by atoms with Crippen molar-refractivity contribution in [2.45, 2.75) is 24.6 Å². The Morgan fingerprint density at radius 1 is 1.38 bits per heavy atom. The van der Waals surface area contributed by atoms with Gasteiger partial charge in [0.1, 0.15) is 24.9 Å². The Hall–Kier alpha value is -0.530. The number of aliphatic hydroxyl groups is 3. The summed E-state index contributed by atoms with van der Waals surface area (Å²) >= 11 is 0. The van der Waals surface area contributed by atoms with Crippen LogP contribution in [0.15, 0.2) is 0 Å². The molecule has 0 aromatic carbocycles. The maximum atomic E-state index is 11.1. The minimum atomic E-state index is -1.51. The van der Waals surface area contributed by atoms with Crippen LogP contribution in [0.2, 0.25) is 0 Å². The normalized spacial score (nSPS) is 39.4. The first-order chi connectivity index (χ1) is 6.07. The number of ketones is 1. The Morgan fingerprint density at radius 2 is 2.00 bits per heavy atom. The van der Waals surface area contributed by atoms with E-state index in [1.54, 1.807) is 0 Å². The van der Waals surface area contributed by atoms with Crippen molar-refractivity contribution >= 4 is 5.78 Å². The first kappa shape index (κ1) is 10.6. The molecular weight excluding hydrogens is 180 g/mol. The van der Waals surface area contributed by atoms with Gasteiger partial charge in [0.15, 0.2) is 12.1 Å². The van der Waals surface area contributed by atoms with Crippen molar-refractivity contribution in [3.05, 3.63) is 0 Å². The SMILES string of the molecule is COCC(=O)[C@@H]1O[C@H](O)[C@H](O)[C@H]1O. The Bertz CT molecular complexity index is 193. The number of rotatable bonds is 3. The quantitative estimate of drug-likeness (QED) is 0.463. The fourth-order valence-corrected chi connectivity index (χ4v) is 1.15. The molecule has 4 atom stereocenters. The first-order valence-corrected chi connectivity index (χ1v) is 3.79. The summed E-state index contributed by atoms with van der Waals surface area (Å²) in [6.07, 6.45) is -5.55. The van der Waals surface area contributed by atoms with Gasteiger partial charge in [-0.25, -0.2) is 0 Å². The van der Waals surface area contributed by atoms with Crippen LogP contribution in [0.5, 0.6) is 0 Å². The van der Waals surface area contributed by atoms with E-state index in [1.807, 2.05) is 0 Å². The van der Waals surface area contributed by atoms with Crippen molar-refractivity contribution in [1.82, 2.24) is 0 Å². The van der Waals surface area contributed by atoms with Gasteiger partial charge in [0.25, 0.3) is 0 Å². The average molecular weight is 192 g/mol. The van der Waals surface area contributed by atoms with Crippen molar-refractivity contribution in [3.8, 4) is 0 Å². The van der Waals surface area contributed by atoms with Gasteiger partial charge in [0.2, 0.25) is 0 Å². The summed E-state index contributed by atoms with van der Waals surface area (Å²) in [4.78, 5) is 11.1. The van der Waals surface area contributed by atoms with Crippen LogP contribution in [0.3, 0.4) is 0 Å². The predicted molar refractivity (Wildman–Crippen MR) is 39.8 cm³/mol. The molecular formula is C7H12O6. The summed E-state index contributed by atoms with van der Waals surface area (Å²) in [5.41, 5.74) is 0. The first-order valence-electron chi connectivity index (χ1n) is 3.79. The summed E-state index contributed by atoms with van der Waals surface area (Å²) in [7, 11) is 1.33. The monoisotopic (exact) mass is 192 g/mol. The van der Waals surface area contributed by atoms with E-state index >= 15 is 0 Å². The minimum absolute atomic E-state index is 0.221. The van der Waals surface area contributed by atoms with E-state index in [4.69, 9.17) is 10.2 Å². The van der Waals surface area contributed by atoms with Gasteiger partial charge in [-0.05, 0) is 0 Å². The lowest BCUT2D eigenvalue weighted by atomic mass is 10.1. The van der Waals surface area contributed by atoms with E-state index in [9.17, 15) is 9.90 Å². The molecule has 13 heavy (non-hydrogen) atoms. The zero-order valence-corrected chi connectivity index (χ0v) is 7.08. The number of hydrogen-bond acceptors (Lipinski definition) is 6. The van der Waals surface area contributed by atoms with E-state index < -0.39 is 30.4 Å². The van der Waals surface area contributed by atoms with Gasteiger partial charge in [0, 0.05) is 7.11 Å². The van der Waals surface area contributed by atoms with Gasteiger partial charge in [-0.1, -0.05) is 0 Å². The minimum Gasteiger partial charge on any atom is -0.387 e. The summed E-state index contributed by atoms with van der Waals surface area (Å²) in [5, 5.41) is 27.2. The molecule has 0 radical (unpaired) electrons. The summed E-state index contributed by atoms with van der Waals surface area (Å²) in [6, 6.07) is 0. The van der Waals surface area contributed by atoms with Crippen molar-refractivity contribution < 1.29 is 29.6 Å². The van der Waals surface area contributed by atoms with E-state index in [1.165, 1.54) is 7.11 Å². The highest BCUT2D eigenvalue weighted by atomic mass is 16.6. The second kappa shape index (κ2) is 4.12. The van der Waals surface area contributed by atoms with Crippen LogP contribution in [0.25, 0.3) is 0 Å². The standard InChI is InChI=1S/C7H12O6/c1-12-2-3(8)6-4(9)5(10)7(11)13-6/h4-7,9-11H,2H2,1H3/t4-,5-,6+,7+/m1/s1. The lowest BCUT2D eigenvalue weighted by Gasteiger charge is -2.11. The molecule has 0 aliphatic carbocycles. The third-order valence-corrected chi connectivity index (χ3v) is 1.84. The number of carbonyl (C=O) groups is 1. The van der Waals surface area contributed by atoms with Gasteiger partial charge in [-0.3, -0.25) is 4.79 Å². The highest BCUT2D eigenvalue weighted by molar-refractivity contribution is 5.85. The average Bonchev–Trinajstić information content (AvgIpc) is 2.33. The van der Waals surface area contributed by atoms with Gasteiger partial charge in [-0.2, -0.15) is 0 Å². The van der Waals surface area contributed by atoms with Crippen LogP contribution in [0.1, 0.15) is 0 Å². The molecule has 6 nitrogen and oxygen atoms in total. The molecule has 1 saturated heterocycles. The lowest BCUT2D eigenvalue weighted by molar-refractivity contribution is -0.152. The van der Waals surface area contributed by atoms with Crippen LogP contribution in [-0.2, 0) is 14.3 Å². The van der Waals surface area contributed by atoms with E-state index in [0.29, 0.717) is 0 Å². The summed E-state index contributed by atoms with van der Waals surface area (Å²) in [6.45, 7) is -0.221. The van der Waals surface area contributed by atoms with E-state index in [2.05, 4.69) is 9.47 Å². The van der Waals surface area contributed by atoms with Crippen molar-refractivity contribution in [1.29, 1.82) is 0 Å². The number of methoxy groups -OCH3 is 1. The molecule has 0 amide bonds. The number of hydrogen-bond donors (Lipinski definition) is 3. The molecule has 1 aliphatic heterocycles. The Balaban J connectivity index is 2.57. The largest absolute Gasteiger partial charge is 0.387 e. The molecule has 0 saturated carbocycles. The second-order valence-corrected chi connectivity index (χ2v) is 2.83. The molecule has 76 valence electrons. The second-order valence-electron chi connectivity index (χ2n) is 2.83. The van der Waals surface area contributed by atoms with Crippen LogP contribution >= 0.6 is 0 Å². The van der Waals surface area contributed by atoms with E-state index in [0.717, 1.165) is 0 Å². The zero-order valence-electron chi connectivity index (χ0n) is 7.08. The Morgan fingerprint density at radius 3 is 2.38 bits per heavy atom. The van der Waals surface area contributed by atoms with E-state index in [-0.39, 0.29) is 6.61 Å². The molecule has 6 heteroatoms. The summed E-state index contributed by atoms with van der Waals surface area (Å²) in [5.74, 6) is -0.509. The fraction of sp³-hybridized carbons (Fsp3) is 0.857. The molecule has 0 unspecified atom stereocenters. The topological polar surface area (TPSA) is 96.2 Å². The third kappa shape index (κ3) is 2.04. The Kier molecular flexibility index (Phi) is 3.34. The summed E-state index contributed by atoms with van der Waals surface area (Å²) < 4.78 is 9.16. The maximum Gasteiger partial charge on any atom is 0.189 e. The lowest BCUT2D eigenvalue weighted by Crippen LogP contribution is -2.37. The van der Waals surface area contributed by atoms with Crippen LogP contribution < -0.4 is 0 Å². The number of Topliss-reactive ketones (excluding diaryl/α,β-unsaturated/α-hetero) is 1. The molecule has 0 aromatic rings. The number of aliphatic hydroxyl groups excluding tert-OH is 3. The van der Waals surface area contributed by atoms with Gasteiger partial charge in [0.05, 0.1) is 0 Å². The van der Waals surface area contributed by atoms with Crippen molar-refractivity contribution in [3.63, 3.8) is 0 Å². The molecule has 0 bridgehead atoms. The smallest absolute Gasteiger partial charge is 0.189 e. The highest BCUT2D eigenvalue weighted by Crippen LogP contribution is 2.20. The van der Waals surface area contributed by atoms with Crippen LogP contribution in [0.4, 0.5) is 0 Å². The fourth-order valence-electron chi connectivity index (χ4n) is 1.15. The molecule has 1 rings (SSSR count). The molecule has 3 N–H and O–H groups in total. The van der Waals surface area contributed by atoms with Crippen molar-refractivity contribution in [2.24, 2.45) is 0 Å². The molecule has 0 spiro atoms. The Labute approximate surface area is 74.7 Å². The highest BCUT2D eigenvalue weighted by Gasteiger charge is 2.45. The third-order valence-electron chi connectivity index (χ3n) is 1.84. The van der Waals surface area contributed by atoms with Crippen LogP contribution in [0, 0.1) is 0 Å². The zero-order chi connectivity index (χ0) is 10.0. The molecule has 1 fully saturated rings. The van der Waals surface area contributed by atoms with Crippen molar-refractivity contribution in [2.75, 3.05) is 13.7 Å². The molecule has 1 heterocycles. The number of carbonyl (C=O) groups excluding carboxylic acids is 1. The predicted octanol–water partition coefficient (Wildman–Crippen LogP) is -2.36. The van der Waals surface area contributed by atoms with Gasteiger partial charge < -0.3 is 24.8 Å². The van der Waals surface area contributed by atoms with Gasteiger partial charge >= 0.3 is 0 Å². The number of ether oxygens (including phenoxy) is 2. The van der Waals surface area contributed by atoms with Crippen LogP contribution in [-0.4, -0.2) is 59.4 Å². The molecule has 1 aliphatic rings. The maximum absolute atomic E-state index is 11.1. The van der Waals surface area contributed by atoms with Gasteiger partial charge in [-0.15, -0.1) is 0 Å².